The molecule has 2 aliphatic rings. The molecular formula is C15H20N2O. The van der Waals surface area contributed by atoms with Gasteiger partial charge in [0.15, 0.2) is 0 Å². The van der Waals surface area contributed by atoms with E-state index in [1.54, 1.807) is 0 Å². The van der Waals surface area contributed by atoms with Crippen molar-refractivity contribution in [3.8, 4) is 0 Å². The van der Waals surface area contributed by atoms with Crippen LogP contribution in [0.2, 0.25) is 0 Å². The average molecular weight is 244 g/mol. The Morgan fingerprint density at radius 2 is 2.28 bits per heavy atom. The Balaban J connectivity index is 1.94. The molecule has 0 aliphatic carbocycles. The summed E-state index contributed by atoms with van der Waals surface area (Å²) in [5, 5.41) is 3.39. The second-order valence-corrected chi connectivity index (χ2v) is 5.35. The van der Waals surface area contributed by atoms with E-state index in [0.29, 0.717) is 6.04 Å². The number of hydrogen-bond acceptors (Lipinski definition) is 2. The first-order valence-electron chi connectivity index (χ1n) is 6.94. The molecule has 0 radical (unpaired) electrons. The fourth-order valence-corrected chi connectivity index (χ4v) is 3.10. The van der Waals surface area contributed by atoms with Crippen molar-refractivity contribution < 1.29 is 4.79 Å². The Kier molecular flexibility index (Phi) is 2.98. The van der Waals surface area contributed by atoms with Gasteiger partial charge in [0.1, 0.15) is 0 Å². The minimum atomic E-state index is 0.223. The molecule has 3 nitrogen and oxygen atoms in total. The monoisotopic (exact) mass is 244 g/mol. The van der Waals surface area contributed by atoms with Crippen molar-refractivity contribution in [2.75, 3.05) is 18.4 Å². The summed E-state index contributed by atoms with van der Waals surface area (Å²) >= 11 is 0. The summed E-state index contributed by atoms with van der Waals surface area (Å²) < 4.78 is 0. The van der Waals surface area contributed by atoms with Crippen LogP contribution in [0.5, 0.6) is 0 Å². The third-order valence-corrected chi connectivity index (χ3v) is 4.14. The first kappa shape index (κ1) is 11.6. The van der Waals surface area contributed by atoms with Gasteiger partial charge in [0, 0.05) is 30.4 Å². The average Bonchev–Trinajstić information content (AvgIpc) is 2.83. The van der Waals surface area contributed by atoms with Gasteiger partial charge in [0.2, 0.25) is 0 Å². The quantitative estimate of drug-likeness (QED) is 0.823. The molecule has 0 aromatic heterocycles. The molecule has 0 saturated carbocycles. The molecule has 2 aliphatic heterocycles. The van der Waals surface area contributed by atoms with Crippen LogP contribution in [0.1, 0.15) is 42.1 Å². The number of carbonyl (C=O) groups is 1. The zero-order valence-corrected chi connectivity index (χ0v) is 10.9. The molecule has 96 valence electrons. The van der Waals surface area contributed by atoms with Gasteiger partial charge in [-0.3, -0.25) is 4.79 Å². The molecular weight excluding hydrogens is 224 g/mol. The lowest BCUT2D eigenvalue weighted by Crippen LogP contribution is -2.34. The first-order chi connectivity index (χ1) is 8.77. The molecule has 3 rings (SSSR count). The molecule has 1 unspecified atom stereocenters. The summed E-state index contributed by atoms with van der Waals surface area (Å²) in [6.07, 6.45) is 4.42. The first-order valence-corrected chi connectivity index (χ1v) is 6.94. The molecule has 1 saturated heterocycles. The lowest BCUT2D eigenvalue weighted by atomic mass is 9.96. The Labute approximate surface area is 108 Å². The Bertz CT molecular complexity index is 470. The molecule has 1 fully saturated rings. The topological polar surface area (TPSA) is 32.3 Å². The standard InChI is InChI=1S/C15H20N2O/c1-11-5-4-10-17(11)15(18)13-6-2-8-14-12(13)7-3-9-16-14/h2,6,8,11,16H,3-5,7,9-10H2,1H3. The SMILES string of the molecule is CC1CCCN1C(=O)c1cccc2c1CCCN2. The van der Waals surface area contributed by atoms with Crippen LogP contribution in [0.3, 0.4) is 0 Å². The minimum Gasteiger partial charge on any atom is -0.385 e. The van der Waals surface area contributed by atoms with Gasteiger partial charge in [-0.05, 0) is 50.3 Å². The van der Waals surface area contributed by atoms with Crippen molar-refractivity contribution in [1.29, 1.82) is 0 Å². The highest BCUT2D eigenvalue weighted by atomic mass is 16.2. The highest BCUT2D eigenvalue weighted by Gasteiger charge is 2.28. The maximum Gasteiger partial charge on any atom is 0.254 e. The van der Waals surface area contributed by atoms with Crippen LogP contribution < -0.4 is 5.32 Å². The van der Waals surface area contributed by atoms with E-state index in [9.17, 15) is 4.79 Å². The Hall–Kier alpha value is -1.51. The summed E-state index contributed by atoms with van der Waals surface area (Å²) in [5.41, 5.74) is 3.28. The van der Waals surface area contributed by atoms with Gasteiger partial charge in [0.05, 0.1) is 0 Å². The van der Waals surface area contributed by atoms with E-state index in [1.165, 1.54) is 5.56 Å². The molecule has 1 atom stereocenters. The van der Waals surface area contributed by atoms with Crippen LogP contribution in [0.25, 0.3) is 0 Å². The van der Waals surface area contributed by atoms with E-state index in [4.69, 9.17) is 0 Å². The van der Waals surface area contributed by atoms with Gasteiger partial charge in [-0.15, -0.1) is 0 Å². The summed E-state index contributed by atoms with van der Waals surface area (Å²) in [6, 6.07) is 6.45. The highest BCUT2D eigenvalue weighted by molar-refractivity contribution is 5.97. The number of likely N-dealkylation sites (tertiary alicyclic amines) is 1. The van der Waals surface area contributed by atoms with E-state index in [2.05, 4.69) is 18.3 Å². The maximum atomic E-state index is 12.6. The van der Waals surface area contributed by atoms with Gasteiger partial charge in [0.25, 0.3) is 5.91 Å². The van der Waals surface area contributed by atoms with Gasteiger partial charge in [-0.2, -0.15) is 0 Å². The second-order valence-electron chi connectivity index (χ2n) is 5.35. The van der Waals surface area contributed by atoms with Crippen LogP contribution in [0.4, 0.5) is 5.69 Å². The zero-order valence-electron chi connectivity index (χ0n) is 10.9. The summed E-state index contributed by atoms with van der Waals surface area (Å²) in [6.45, 7) is 4.08. The van der Waals surface area contributed by atoms with Crippen molar-refractivity contribution >= 4 is 11.6 Å². The number of rotatable bonds is 1. The van der Waals surface area contributed by atoms with Gasteiger partial charge in [-0.1, -0.05) is 6.07 Å². The predicted octanol–water partition coefficient (Wildman–Crippen LogP) is 2.67. The molecule has 1 amide bonds. The van der Waals surface area contributed by atoms with Crippen LogP contribution in [-0.4, -0.2) is 29.9 Å². The third-order valence-electron chi connectivity index (χ3n) is 4.14. The van der Waals surface area contributed by atoms with E-state index in [1.807, 2.05) is 17.0 Å². The molecule has 2 heterocycles. The molecule has 1 N–H and O–H groups in total. The Morgan fingerprint density at radius 1 is 1.39 bits per heavy atom. The van der Waals surface area contributed by atoms with E-state index < -0.39 is 0 Å². The van der Waals surface area contributed by atoms with Crippen LogP contribution in [-0.2, 0) is 6.42 Å². The smallest absolute Gasteiger partial charge is 0.254 e. The van der Waals surface area contributed by atoms with E-state index in [-0.39, 0.29) is 5.91 Å². The van der Waals surface area contributed by atoms with E-state index in [0.717, 1.165) is 50.0 Å². The largest absolute Gasteiger partial charge is 0.385 e. The molecule has 1 aromatic rings. The van der Waals surface area contributed by atoms with Crippen LogP contribution >= 0.6 is 0 Å². The van der Waals surface area contributed by atoms with Gasteiger partial charge >= 0.3 is 0 Å². The number of amides is 1. The molecule has 0 spiro atoms. The molecule has 1 aromatic carbocycles. The molecule has 3 heteroatoms. The van der Waals surface area contributed by atoms with Crippen molar-refractivity contribution in [2.45, 2.75) is 38.6 Å². The Morgan fingerprint density at radius 3 is 3.06 bits per heavy atom. The van der Waals surface area contributed by atoms with Crippen molar-refractivity contribution in [3.05, 3.63) is 29.3 Å². The van der Waals surface area contributed by atoms with Crippen LogP contribution in [0.15, 0.2) is 18.2 Å². The molecule has 18 heavy (non-hydrogen) atoms. The van der Waals surface area contributed by atoms with Crippen molar-refractivity contribution in [1.82, 2.24) is 4.90 Å². The number of fused-ring (bicyclic) bond motifs is 1. The van der Waals surface area contributed by atoms with Gasteiger partial charge < -0.3 is 10.2 Å². The fourth-order valence-electron chi connectivity index (χ4n) is 3.10. The minimum absolute atomic E-state index is 0.223. The maximum absolute atomic E-state index is 12.6. The normalized spacial score (nSPS) is 22.5. The lowest BCUT2D eigenvalue weighted by molar-refractivity contribution is 0.0746. The summed E-state index contributed by atoms with van der Waals surface area (Å²) in [4.78, 5) is 14.7. The molecule has 0 bridgehead atoms. The fraction of sp³-hybridized carbons (Fsp3) is 0.533. The number of nitrogens with zero attached hydrogens (tertiary/aromatic N) is 1. The van der Waals surface area contributed by atoms with Crippen molar-refractivity contribution in [2.24, 2.45) is 0 Å². The van der Waals surface area contributed by atoms with Gasteiger partial charge in [-0.25, -0.2) is 0 Å². The number of anilines is 1. The van der Waals surface area contributed by atoms with Crippen LogP contribution in [0, 0.1) is 0 Å². The summed E-state index contributed by atoms with van der Waals surface area (Å²) in [5.74, 6) is 0.223. The number of benzene rings is 1. The number of carbonyl (C=O) groups excluding carboxylic acids is 1. The second kappa shape index (κ2) is 4.63. The van der Waals surface area contributed by atoms with E-state index >= 15 is 0 Å². The lowest BCUT2D eigenvalue weighted by Gasteiger charge is -2.25. The zero-order chi connectivity index (χ0) is 12.5. The highest BCUT2D eigenvalue weighted by Crippen LogP contribution is 2.28. The number of hydrogen-bond donors (Lipinski definition) is 1. The summed E-state index contributed by atoms with van der Waals surface area (Å²) in [7, 11) is 0. The number of nitrogens with one attached hydrogen (secondary N) is 1. The predicted molar refractivity (Wildman–Crippen MR) is 73.0 cm³/mol. The third kappa shape index (κ3) is 1.88. The van der Waals surface area contributed by atoms with Crippen molar-refractivity contribution in [3.63, 3.8) is 0 Å².